The second-order valence-electron chi connectivity index (χ2n) is 11.2. The second kappa shape index (κ2) is 12.0. The zero-order chi connectivity index (χ0) is 30.0. The Kier molecular flexibility index (Phi) is 8.38. The molecule has 2 aliphatic rings. The highest BCUT2D eigenvalue weighted by Crippen LogP contribution is 2.45. The fourth-order valence-electron chi connectivity index (χ4n) is 5.13. The molecule has 220 valence electrons. The molecule has 5 rings (SSSR count). The van der Waals surface area contributed by atoms with Crippen LogP contribution in [0.4, 0.5) is 4.79 Å². The molecular weight excluding hydrogens is 560 g/mol. The van der Waals surface area contributed by atoms with E-state index in [1.54, 1.807) is 53.8 Å². The van der Waals surface area contributed by atoms with E-state index < -0.39 is 23.7 Å². The first-order valence-corrected chi connectivity index (χ1v) is 14.1. The number of carbonyl (C=O) groups is 3. The Hall–Kier alpha value is -4.15. The van der Waals surface area contributed by atoms with Crippen molar-refractivity contribution in [2.24, 2.45) is 4.99 Å². The van der Waals surface area contributed by atoms with Crippen molar-refractivity contribution in [1.82, 2.24) is 15.1 Å². The molecule has 2 N–H and O–H groups in total. The molecule has 2 unspecified atom stereocenters. The molecule has 2 aromatic carbocycles. The first-order valence-electron chi connectivity index (χ1n) is 13.7. The number of nitrogens with zero attached hydrogens (tertiary/aromatic N) is 3. The Morgan fingerprint density at radius 1 is 1.14 bits per heavy atom. The lowest BCUT2D eigenvalue weighted by atomic mass is 9.95. The highest BCUT2D eigenvalue weighted by atomic mass is 35.5. The van der Waals surface area contributed by atoms with Crippen LogP contribution in [-0.4, -0.2) is 70.3 Å². The second-order valence-corrected chi connectivity index (χ2v) is 11.6. The lowest BCUT2D eigenvalue weighted by Crippen LogP contribution is -2.55. The molecule has 0 saturated carbocycles. The summed E-state index contributed by atoms with van der Waals surface area (Å²) in [6.45, 7) is 5.95. The van der Waals surface area contributed by atoms with E-state index in [-0.39, 0.29) is 31.3 Å². The van der Waals surface area contributed by atoms with Crippen molar-refractivity contribution < 1.29 is 28.6 Å². The number of amides is 3. The van der Waals surface area contributed by atoms with E-state index in [4.69, 9.17) is 25.7 Å². The number of nitrogens with one attached hydrogen (secondary N) is 1. The topological polar surface area (TPSA) is 125 Å². The Balaban J connectivity index is 1.70. The van der Waals surface area contributed by atoms with E-state index in [2.05, 4.69) is 5.32 Å². The van der Waals surface area contributed by atoms with Crippen LogP contribution in [0.5, 0.6) is 5.75 Å². The van der Waals surface area contributed by atoms with Gasteiger partial charge in [0.15, 0.2) is 5.78 Å². The molecule has 1 fully saturated rings. The minimum atomic E-state index is -0.647. The van der Waals surface area contributed by atoms with Crippen molar-refractivity contribution in [2.75, 3.05) is 26.2 Å². The van der Waals surface area contributed by atoms with Crippen LogP contribution in [0.3, 0.4) is 0 Å². The summed E-state index contributed by atoms with van der Waals surface area (Å²) in [5.41, 5.74) is 1.77. The van der Waals surface area contributed by atoms with Gasteiger partial charge in [-0.05, 0) is 56.7 Å². The van der Waals surface area contributed by atoms with Crippen molar-refractivity contribution >= 4 is 35.2 Å². The molecule has 1 saturated heterocycles. The molecule has 1 aromatic heterocycles. The first-order chi connectivity index (χ1) is 20.1. The fourth-order valence-corrected chi connectivity index (χ4v) is 5.26. The predicted molar refractivity (Wildman–Crippen MR) is 157 cm³/mol. The lowest BCUT2D eigenvalue weighted by Gasteiger charge is -2.35. The van der Waals surface area contributed by atoms with Crippen molar-refractivity contribution in [3.8, 4) is 5.75 Å². The molecule has 3 aromatic rings. The number of benzene rings is 2. The summed E-state index contributed by atoms with van der Waals surface area (Å²) < 4.78 is 11.8. The number of ketones is 1. The van der Waals surface area contributed by atoms with Gasteiger partial charge in [-0.1, -0.05) is 29.8 Å². The number of aliphatic hydroxyl groups excluding tert-OH is 1. The molecule has 0 radical (unpaired) electrons. The molecular formula is C31H33ClN4O6. The summed E-state index contributed by atoms with van der Waals surface area (Å²) in [6, 6.07) is 12.5. The number of carbonyl (C=O) groups excluding carboxylic acids is 3. The van der Waals surface area contributed by atoms with E-state index >= 15 is 0 Å². The molecule has 0 bridgehead atoms. The number of aliphatic imine (C=N–C) groups is 1. The van der Waals surface area contributed by atoms with Crippen LogP contribution < -0.4 is 10.1 Å². The van der Waals surface area contributed by atoms with E-state index in [0.29, 0.717) is 40.8 Å². The third-order valence-corrected chi connectivity index (χ3v) is 7.23. The summed E-state index contributed by atoms with van der Waals surface area (Å²) >= 11 is 6.20. The number of furan rings is 1. The van der Waals surface area contributed by atoms with E-state index in [1.165, 1.54) is 4.90 Å². The molecule has 3 heterocycles. The number of aliphatic hydroxyl groups is 1. The van der Waals surface area contributed by atoms with Gasteiger partial charge in [-0.15, -0.1) is 0 Å². The standard InChI is InChI=1S/C31H33ClN4O6/c1-31(2,3)42-25-16-20(24(38)10-14-37)6-9-23(25)29-34-27(19-4-7-22(32)8-5-19)28(21-11-15-41-18-21)36(29)30(40)35-13-12-33-26(39)17-35/h4-9,11,15-16,18,27-28,37H,10,12-14,17H2,1-3H3,(H,33,39). The number of amidine groups is 1. The molecule has 0 aliphatic carbocycles. The third kappa shape index (κ3) is 6.19. The Morgan fingerprint density at radius 3 is 2.55 bits per heavy atom. The molecule has 0 spiro atoms. The minimum Gasteiger partial charge on any atom is -0.487 e. The van der Waals surface area contributed by atoms with Crippen molar-refractivity contribution in [1.29, 1.82) is 0 Å². The summed E-state index contributed by atoms with van der Waals surface area (Å²) in [5, 5.41) is 12.7. The van der Waals surface area contributed by atoms with Crippen LogP contribution in [0.1, 0.15) is 66.3 Å². The van der Waals surface area contributed by atoms with Gasteiger partial charge in [0.25, 0.3) is 0 Å². The molecule has 11 heteroatoms. The quantitative estimate of drug-likeness (QED) is 0.381. The summed E-state index contributed by atoms with van der Waals surface area (Å²) in [7, 11) is 0. The number of hydrogen-bond donors (Lipinski definition) is 2. The average Bonchev–Trinajstić information content (AvgIpc) is 3.61. The van der Waals surface area contributed by atoms with Gasteiger partial charge in [-0.3, -0.25) is 19.5 Å². The number of urea groups is 1. The van der Waals surface area contributed by atoms with Gasteiger partial charge >= 0.3 is 6.03 Å². The van der Waals surface area contributed by atoms with Gasteiger partial charge in [0.2, 0.25) is 5.91 Å². The Labute approximate surface area is 248 Å². The van der Waals surface area contributed by atoms with E-state index in [9.17, 15) is 19.5 Å². The van der Waals surface area contributed by atoms with Crippen LogP contribution >= 0.6 is 11.6 Å². The van der Waals surface area contributed by atoms with Crippen LogP contribution in [0.2, 0.25) is 5.02 Å². The van der Waals surface area contributed by atoms with Crippen LogP contribution in [0, 0.1) is 0 Å². The normalized spacial score (nSPS) is 19.0. The van der Waals surface area contributed by atoms with Gasteiger partial charge < -0.3 is 24.5 Å². The molecule has 42 heavy (non-hydrogen) atoms. The lowest BCUT2D eigenvalue weighted by molar-refractivity contribution is -0.123. The van der Waals surface area contributed by atoms with Crippen LogP contribution in [0.25, 0.3) is 0 Å². The largest absolute Gasteiger partial charge is 0.487 e. The monoisotopic (exact) mass is 592 g/mol. The number of halogens is 1. The van der Waals surface area contributed by atoms with Gasteiger partial charge in [-0.2, -0.15) is 0 Å². The van der Waals surface area contributed by atoms with Gasteiger partial charge in [0.05, 0.1) is 30.7 Å². The number of Topliss-reactive ketones (excluding diaryl/α,β-unsaturated/α-hetero) is 1. The van der Waals surface area contributed by atoms with Crippen LogP contribution in [-0.2, 0) is 4.79 Å². The summed E-state index contributed by atoms with van der Waals surface area (Å²) in [4.78, 5) is 47.5. The molecule has 2 aliphatic heterocycles. The highest BCUT2D eigenvalue weighted by molar-refractivity contribution is 6.30. The maximum Gasteiger partial charge on any atom is 0.326 e. The van der Waals surface area contributed by atoms with Crippen molar-refractivity contribution in [2.45, 2.75) is 44.9 Å². The average molecular weight is 593 g/mol. The smallest absolute Gasteiger partial charge is 0.326 e. The third-order valence-electron chi connectivity index (χ3n) is 6.98. The first kappa shape index (κ1) is 29.3. The van der Waals surface area contributed by atoms with Gasteiger partial charge in [-0.25, -0.2) is 4.79 Å². The van der Waals surface area contributed by atoms with E-state index in [1.807, 2.05) is 32.9 Å². The summed E-state index contributed by atoms with van der Waals surface area (Å²) in [5.74, 6) is 0.211. The number of piperazine rings is 1. The maximum atomic E-state index is 14.3. The van der Waals surface area contributed by atoms with E-state index in [0.717, 1.165) is 11.1 Å². The number of rotatable bonds is 7. The Morgan fingerprint density at radius 2 is 1.90 bits per heavy atom. The van der Waals surface area contributed by atoms with Gasteiger partial charge in [0, 0.05) is 35.7 Å². The zero-order valence-corrected chi connectivity index (χ0v) is 24.4. The molecule has 2 atom stereocenters. The molecule has 3 amide bonds. The number of hydrogen-bond acceptors (Lipinski definition) is 7. The van der Waals surface area contributed by atoms with Crippen molar-refractivity contribution in [3.05, 3.63) is 88.3 Å². The SMILES string of the molecule is CC(C)(C)Oc1cc(C(=O)CCO)ccc1C1=NC(c2ccc(Cl)cc2)C(c2ccoc2)N1C(=O)N1CCNC(=O)C1. The zero-order valence-electron chi connectivity index (χ0n) is 23.7. The Bertz CT molecular complexity index is 1500. The molecule has 10 nitrogen and oxygen atoms in total. The maximum absolute atomic E-state index is 14.3. The van der Waals surface area contributed by atoms with Gasteiger partial charge in [0.1, 0.15) is 29.8 Å². The minimum absolute atomic E-state index is 0.0297. The predicted octanol–water partition coefficient (Wildman–Crippen LogP) is 4.77. The number of ether oxygens (including phenoxy) is 1. The van der Waals surface area contributed by atoms with Crippen LogP contribution in [0.15, 0.2) is 70.5 Å². The summed E-state index contributed by atoms with van der Waals surface area (Å²) in [6.07, 6.45) is 3.09. The van der Waals surface area contributed by atoms with Crippen molar-refractivity contribution in [3.63, 3.8) is 0 Å². The fraction of sp³-hybridized carbons (Fsp3) is 0.355. The highest BCUT2D eigenvalue weighted by Gasteiger charge is 2.45.